The Morgan fingerprint density at radius 1 is 1.15 bits per heavy atom. The molecule has 0 saturated carbocycles. The van der Waals surface area contributed by atoms with Crippen molar-refractivity contribution in [2.24, 2.45) is 0 Å². The molecule has 0 bridgehead atoms. The first-order valence-corrected chi connectivity index (χ1v) is 10.1. The van der Waals surface area contributed by atoms with Crippen LogP contribution >= 0.6 is 0 Å². The van der Waals surface area contributed by atoms with Crippen LogP contribution in [0.4, 0.5) is 4.39 Å². The molecule has 0 atom stereocenters. The van der Waals surface area contributed by atoms with E-state index in [0.29, 0.717) is 43.2 Å². The van der Waals surface area contributed by atoms with Crippen molar-refractivity contribution < 1.29 is 17.5 Å². The Bertz CT molecular complexity index is 844. The molecule has 1 aromatic heterocycles. The zero-order valence-electron chi connectivity index (χ0n) is 14.9. The average Bonchev–Trinajstić information content (AvgIpc) is 2.56. The highest BCUT2D eigenvalue weighted by Crippen LogP contribution is 2.21. The monoisotopic (exact) mass is 379 g/mol. The minimum atomic E-state index is -3.43. The number of aryl methyl sites for hydroxylation is 2. The maximum atomic E-state index is 13.0. The van der Waals surface area contributed by atoms with E-state index >= 15 is 0 Å². The van der Waals surface area contributed by atoms with Crippen LogP contribution in [-0.4, -0.2) is 41.9 Å². The Balaban J connectivity index is 1.57. The lowest BCUT2D eigenvalue weighted by atomic mass is 10.1. The molecule has 0 N–H and O–H groups in total. The maximum absolute atomic E-state index is 13.0. The second-order valence-corrected chi connectivity index (χ2v) is 8.46. The van der Waals surface area contributed by atoms with Crippen molar-refractivity contribution in [3.05, 3.63) is 53.2 Å². The summed E-state index contributed by atoms with van der Waals surface area (Å²) in [7, 11) is -3.43. The molecule has 2 heterocycles. The third-order valence-corrected chi connectivity index (χ3v) is 6.14. The minimum absolute atomic E-state index is 0.0685. The fourth-order valence-corrected chi connectivity index (χ4v) is 4.59. The van der Waals surface area contributed by atoms with Gasteiger partial charge in [-0.25, -0.2) is 22.1 Å². The van der Waals surface area contributed by atoms with Gasteiger partial charge in [-0.1, -0.05) is 12.1 Å². The number of ether oxygens (including phenoxy) is 1. The van der Waals surface area contributed by atoms with Crippen molar-refractivity contribution >= 4 is 10.0 Å². The van der Waals surface area contributed by atoms with Gasteiger partial charge in [0, 0.05) is 24.8 Å². The largest absolute Gasteiger partial charge is 0.474 e. The topological polar surface area (TPSA) is 72.4 Å². The number of hydrogen-bond acceptors (Lipinski definition) is 5. The number of rotatable bonds is 5. The van der Waals surface area contributed by atoms with Gasteiger partial charge in [-0.3, -0.25) is 0 Å². The first kappa shape index (κ1) is 18.7. The second kappa shape index (κ2) is 7.67. The lowest BCUT2D eigenvalue weighted by Crippen LogP contribution is -2.42. The first-order chi connectivity index (χ1) is 12.3. The summed E-state index contributed by atoms with van der Waals surface area (Å²) in [5.41, 5.74) is 1.42. The smallest absolute Gasteiger partial charge is 0.218 e. The highest BCUT2D eigenvalue weighted by molar-refractivity contribution is 7.88. The van der Waals surface area contributed by atoms with Gasteiger partial charge < -0.3 is 4.74 Å². The van der Waals surface area contributed by atoms with Gasteiger partial charge >= 0.3 is 0 Å². The van der Waals surface area contributed by atoms with Gasteiger partial charge in [0.05, 0.1) is 5.75 Å². The lowest BCUT2D eigenvalue weighted by molar-refractivity contribution is 0.129. The molecule has 0 spiro atoms. The molecule has 0 aliphatic carbocycles. The molecular formula is C18H22FN3O3S. The van der Waals surface area contributed by atoms with E-state index in [1.54, 1.807) is 6.07 Å². The van der Waals surface area contributed by atoms with Crippen LogP contribution in [0.3, 0.4) is 0 Å². The molecule has 0 radical (unpaired) electrons. The molecule has 26 heavy (non-hydrogen) atoms. The fourth-order valence-electron chi connectivity index (χ4n) is 3.02. The molecule has 6 nitrogen and oxygen atoms in total. The molecular weight excluding hydrogens is 357 g/mol. The summed E-state index contributed by atoms with van der Waals surface area (Å²) in [6, 6.07) is 7.34. The molecule has 1 saturated heterocycles. The number of sulfonamides is 1. The van der Waals surface area contributed by atoms with Crippen molar-refractivity contribution in [2.45, 2.75) is 38.5 Å². The maximum Gasteiger partial charge on any atom is 0.218 e. The van der Waals surface area contributed by atoms with Crippen molar-refractivity contribution in [3.63, 3.8) is 0 Å². The number of benzene rings is 1. The normalized spacial score (nSPS) is 16.6. The number of nitrogens with zero attached hydrogens (tertiary/aromatic N) is 3. The molecule has 2 aromatic rings. The SMILES string of the molecule is Cc1cc(OC2CCN(S(=O)(=O)Cc3ccc(F)cc3)CC2)nc(C)n1. The third kappa shape index (κ3) is 4.76. The molecule has 0 amide bonds. The van der Waals surface area contributed by atoms with Gasteiger partial charge in [-0.15, -0.1) is 0 Å². The molecule has 1 aliphatic heterocycles. The molecule has 140 valence electrons. The van der Waals surface area contributed by atoms with Crippen molar-refractivity contribution in [3.8, 4) is 5.88 Å². The number of piperidine rings is 1. The lowest BCUT2D eigenvalue weighted by Gasteiger charge is -2.31. The number of halogens is 1. The first-order valence-electron chi connectivity index (χ1n) is 8.53. The predicted molar refractivity (Wildman–Crippen MR) is 95.8 cm³/mol. The highest BCUT2D eigenvalue weighted by Gasteiger charge is 2.29. The molecule has 0 unspecified atom stereocenters. The molecule has 8 heteroatoms. The Hall–Kier alpha value is -2.06. The van der Waals surface area contributed by atoms with Crippen LogP contribution < -0.4 is 4.74 Å². The summed E-state index contributed by atoms with van der Waals surface area (Å²) in [5, 5.41) is 0. The van der Waals surface area contributed by atoms with Crippen molar-refractivity contribution in [2.75, 3.05) is 13.1 Å². The third-order valence-electron chi connectivity index (χ3n) is 4.29. The van der Waals surface area contributed by atoms with Crippen LogP contribution in [0.25, 0.3) is 0 Å². The Labute approximate surface area is 153 Å². The zero-order chi connectivity index (χ0) is 18.7. The fraction of sp³-hybridized carbons (Fsp3) is 0.444. The van der Waals surface area contributed by atoms with E-state index in [9.17, 15) is 12.8 Å². The number of hydrogen-bond donors (Lipinski definition) is 0. The second-order valence-electron chi connectivity index (χ2n) is 6.49. The molecule has 1 aromatic carbocycles. The van der Waals surface area contributed by atoms with E-state index in [4.69, 9.17) is 4.74 Å². The van der Waals surface area contributed by atoms with Crippen LogP contribution in [0.15, 0.2) is 30.3 Å². The van der Waals surface area contributed by atoms with Gasteiger partial charge in [0.25, 0.3) is 0 Å². The molecule has 1 fully saturated rings. The van der Waals surface area contributed by atoms with E-state index in [-0.39, 0.29) is 17.7 Å². The van der Waals surface area contributed by atoms with E-state index < -0.39 is 10.0 Å². The van der Waals surface area contributed by atoms with Gasteiger partial charge in [0.15, 0.2) is 0 Å². The number of aromatic nitrogens is 2. The van der Waals surface area contributed by atoms with Crippen molar-refractivity contribution in [1.82, 2.24) is 14.3 Å². The predicted octanol–water partition coefficient (Wildman–Crippen LogP) is 2.61. The van der Waals surface area contributed by atoms with E-state index in [0.717, 1.165) is 5.69 Å². The van der Waals surface area contributed by atoms with Crippen LogP contribution in [0, 0.1) is 19.7 Å². The van der Waals surface area contributed by atoms with Crippen LogP contribution in [0.1, 0.15) is 29.9 Å². The summed E-state index contributed by atoms with van der Waals surface area (Å²) in [6.45, 7) is 4.49. The highest BCUT2D eigenvalue weighted by atomic mass is 32.2. The van der Waals surface area contributed by atoms with E-state index in [2.05, 4.69) is 9.97 Å². The Morgan fingerprint density at radius 3 is 2.42 bits per heavy atom. The van der Waals surface area contributed by atoms with E-state index in [1.807, 2.05) is 13.8 Å². The summed E-state index contributed by atoms with van der Waals surface area (Å²) in [4.78, 5) is 8.48. The molecule has 1 aliphatic rings. The van der Waals surface area contributed by atoms with Crippen molar-refractivity contribution in [1.29, 1.82) is 0 Å². The van der Waals surface area contributed by atoms with Crippen LogP contribution in [-0.2, 0) is 15.8 Å². The standard InChI is InChI=1S/C18H22FN3O3S/c1-13-11-18(21-14(2)20-13)25-17-7-9-22(10-8-17)26(23,24)12-15-3-5-16(19)6-4-15/h3-6,11,17H,7-10,12H2,1-2H3. The summed E-state index contributed by atoms with van der Waals surface area (Å²) < 4.78 is 45.5. The summed E-state index contributed by atoms with van der Waals surface area (Å²) in [5.74, 6) is 0.685. The van der Waals surface area contributed by atoms with Gasteiger partial charge in [-0.05, 0) is 44.4 Å². The van der Waals surface area contributed by atoms with Crippen LogP contribution in [0.5, 0.6) is 5.88 Å². The summed E-state index contributed by atoms with van der Waals surface area (Å²) in [6.07, 6.45) is 1.14. The van der Waals surface area contributed by atoms with E-state index in [1.165, 1.54) is 28.6 Å². The van der Waals surface area contributed by atoms with Gasteiger partial charge in [0.1, 0.15) is 17.7 Å². The zero-order valence-corrected chi connectivity index (χ0v) is 15.7. The average molecular weight is 379 g/mol. The quantitative estimate of drug-likeness (QED) is 0.798. The molecule has 3 rings (SSSR count). The van der Waals surface area contributed by atoms with Crippen LogP contribution in [0.2, 0.25) is 0 Å². The Kier molecular flexibility index (Phi) is 5.52. The van der Waals surface area contributed by atoms with Gasteiger partial charge in [-0.2, -0.15) is 4.98 Å². The summed E-state index contributed by atoms with van der Waals surface area (Å²) >= 11 is 0. The van der Waals surface area contributed by atoms with Gasteiger partial charge in [0.2, 0.25) is 15.9 Å². The Morgan fingerprint density at radius 2 is 1.81 bits per heavy atom. The minimum Gasteiger partial charge on any atom is -0.474 e.